The van der Waals surface area contributed by atoms with Gasteiger partial charge >= 0.3 is 6.09 Å². The number of rotatable bonds is 1. The van der Waals surface area contributed by atoms with Crippen LogP contribution in [0.4, 0.5) is 4.79 Å². The lowest BCUT2D eigenvalue weighted by Crippen LogP contribution is -2.41. The van der Waals surface area contributed by atoms with Crippen molar-refractivity contribution in [2.75, 3.05) is 13.1 Å². The number of halogens is 1. The molecular formula is C12H12ClNO3. The Morgan fingerprint density at radius 1 is 1.29 bits per heavy atom. The first-order valence-electron chi connectivity index (χ1n) is 5.39. The number of hydrogen-bond acceptors (Lipinski definition) is 3. The summed E-state index contributed by atoms with van der Waals surface area (Å²) in [6, 6.07) is 6.52. The van der Waals surface area contributed by atoms with Crippen molar-refractivity contribution in [3.63, 3.8) is 0 Å². The number of piperidine rings is 1. The average molecular weight is 254 g/mol. The number of Topliss-reactive ketones (excluding diaryl/α,β-unsaturated/α-hetero) is 1. The highest BCUT2D eigenvalue weighted by Gasteiger charge is 2.22. The molecule has 4 nitrogen and oxygen atoms in total. The van der Waals surface area contributed by atoms with Crippen molar-refractivity contribution in [2.24, 2.45) is 0 Å². The summed E-state index contributed by atoms with van der Waals surface area (Å²) in [4.78, 5) is 24.3. The lowest BCUT2D eigenvalue weighted by molar-refractivity contribution is -0.121. The molecular weight excluding hydrogens is 242 g/mol. The van der Waals surface area contributed by atoms with Crippen LogP contribution in [0.3, 0.4) is 0 Å². The van der Waals surface area contributed by atoms with Crippen LogP contribution in [0.5, 0.6) is 5.75 Å². The number of ether oxygens (including phenoxy) is 1. The molecule has 0 atom stereocenters. The minimum atomic E-state index is -0.486. The van der Waals surface area contributed by atoms with Gasteiger partial charge in [0.05, 0.1) is 6.54 Å². The molecule has 0 aromatic heterocycles. The van der Waals surface area contributed by atoms with Crippen LogP contribution in [0.1, 0.15) is 12.8 Å². The lowest BCUT2D eigenvalue weighted by Gasteiger charge is -2.24. The Morgan fingerprint density at radius 2 is 2.00 bits per heavy atom. The highest BCUT2D eigenvalue weighted by Crippen LogP contribution is 2.17. The van der Waals surface area contributed by atoms with E-state index in [1.165, 1.54) is 4.90 Å². The van der Waals surface area contributed by atoms with Crippen molar-refractivity contribution < 1.29 is 14.3 Å². The monoisotopic (exact) mass is 253 g/mol. The van der Waals surface area contributed by atoms with E-state index in [1.807, 2.05) is 0 Å². The van der Waals surface area contributed by atoms with Gasteiger partial charge in [-0.05, 0) is 30.7 Å². The summed E-state index contributed by atoms with van der Waals surface area (Å²) in [6.45, 7) is 0.713. The maximum atomic E-state index is 11.7. The molecule has 1 saturated heterocycles. The highest BCUT2D eigenvalue weighted by molar-refractivity contribution is 6.30. The molecule has 0 unspecified atom stereocenters. The maximum Gasteiger partial charge on any atom is 0.415 e. The number of hydrogen-bond donors (Lipinski definition) is 0. The topological polar surface area (TPSA) is 46.6 Å². The molecule has 1 fully saturated rings. The van der Waals surface area contributed by atoms with Crippen LogP contribution in [0.15, 0.2) is 24.3 Å². The van der Waals surface area contributed by atoms with E-state index in [9.17, 15) is 9.59 Å². The molecule has 1 aromatic carbocycles. The Hall–Kier alpha value is -1.55. The number of likely N-dealkylation sites (tertiary alicyclic amines) is 1. The zero-order valence-corrected chi connectivity index (χ0v) is 9.94. The molecule has 90 valence electrons. The normalized spacial score (nSPS) is 15.8. The first-order valence-corrected chi connectivity index (χ1v) is 5.77. The van der Waals surface area contributed by atoms with Crippen LogP contribution < -0.4 is 4.74 Å². The standard InChI is InChI=1S/C12H12ClNO3/c13-9-3-5-11(6-4-9)17-12(16)14-7-1-2-10(15)8-14/h3-6H,1-2,7-8H2. The fourth-order valence-electron chi connectivity index (χ4n) is 1.66. The molecule has 2 rings (SSSR count). The smallest absolute Gasteiger partial charge is 0.410 e. The molecule has 0 saturated carbocycles. The predicted molar refractivity (Wildman–Crippen MR) is 63.3 cm³/mol. The summed E-state index contributed by atoms with van der Waals surface area (Å²) in [6.07, 6.45) is 0.764. The Balaban J connectivity index is 1.96. The Kier molecular flexibility index (Phi) is 3.64. The van der Waals surface area contributed by atoms with Crippen LogP contribution in [-0.2, 0) is 4.79 Å². The van der Waals surface area contributed by atoms with Gasteiger partial charge in [0, 0.05) is 18.0 Å². The second-order valence-corrected chi connectivity index (χ2v) is 4.32. The molecule has 0 radical (unpaired) electrons. The lowest BCUT2D eigenvalue weighted by atomic mass is 10.1. The minimum absolute atomic E-state index is 0.0734. The third-order valence-electron chi connectivity index (χ3n) is 2.53. The number of benzene rings is 1. The molecule has 1 amide bonds. The summed E-state index contributed by atoms with van der Waals surface area (Å²) in [7, 11) is 0. The Morgan fingerprint density at radius 3 is 2.65 bits per heavy atom. The van der Waals surface area contributed by atoms with Crippen molar-refractivity contribution in [1.29, 1.82) is 0 Å². The molecule has 0 bridgehead atoms. The van der Waals surface area contributed by atoms with Crippen LogP contribution >= 0.6 is 11.6 Å². The molecule has 5 heteroatoms. The van der Waals surface area contributed by atoms with Gasteiger partial charge in [-0.2, -0.15) is 0 Å². The zero-order valence-electron chi connectivity index (χ0n) is 9.19. The molecule has 1 aromatic rings. The van der Waals surface area contributed by atoms with Crippen LogP contribution in [0.2, 0.25) is 5.02 Å². The van der Waals surface area contributed by atoms with Crippen LogP contribution in [-0.4, -0.2) is 29.9 Å². The highest BCUT2D eigenvalue weighted by atomic mass is 35.5. The Bertz CT molecular complexity index is 430. The molecule has 0 N–H and O–H groups in total. The average Bonchev–Trinajstić information content (AvgIpc) is 2.32. The van der Waals surface area contributed by atoms with Gasteiger partial charge in [-0.25, -0.2) is 4.79 Å². The van der Waals surface area contributed by atoms with Gasteiger partial charge in [0.2, 0.25) is 0 Å². The van der Waals surface area contributed by atoms with Gasteiger partial charge in [-0.3, -0.25) is 4.79 Å². The fraction of sp³-hybridized carbons (Fsp3) is 0.333. The van der Waals surface area contributed by atoms with Gasteiger partial charge in [0.25, 0.3) is 0 Å². The van der Waals surface area contributed by atoms with Crippen molar-refractivity contribution in [2.45, 2.75) is 12.8 Å². The van der Waals surface area contributed by atoms with Gasteiger partial charge in [0.1, 0.15) is 5.75 Å². The zero-order chi connectivity index (χ0) is 12.3. The number of amides is 1. The van der Waals surface area contributed by atoms with Crippen molar-refractivity contribution in [3.05, 3.63) is 29.3 Å². The van der Waals surface area contributed by atoms with E-state index < -0.39 is 6.09 Å². The van der Waals surface area contributed by atoms with E-state index in [-0.39, 0.29) is 12.3 Å². The largest absolute Gasteiger partial charge is 0.415 e. The quantitative estimate of drug-likeness (QED) is 0.773. The summed E-state index contributed by atoms with van der Waals surface area (Å²) >= 11 is 5.72. The van der Waals surface area contributed by atoms with Gasteiger partial charge in [-0.1, -0.05) is 11.6 Å². The first-order chi connectivity index (χ1) is 8.15. The van der Waals surface area contributed by atoms with E-state index >= 15 is 0 Å². The van der Waals surface area contributed by atoms with Crippen LogP contribution in [0.25, 0.3) is 0 Å². The van der Waals surface area contributed by atoms with Gasteiger partial charge in [-0.15, -0.1) is 0 Å². The van der Waals surface area contributed by atoms with Crippen molar-refractivity contribution in [3.8, 4) is 5.75 Å². The fourth-order valence-corrected chi connectivity index (χ4v) is 1.79. The molecule has 0 spiro atoms. The van der Waals surface area contributed by atoms with E-state index in [4.69, 9.17) is 16.3 Å². The number of ketones is 1. The molecule has 17 heavy (non-hydrogen) atoms. The van der Waals surface area contributed by atoms with Gasteiger partial charge < -0.3 is 9.64 Å². The Labute approximate surface area is 104 Å². The number of nitrogens with zero attached hydrogens (tertiary/aromatic N) is 1. The molecule has 1 aliphatic heterocycles. The van der Waals surface area contributed by atoms with Crippen molar-refractivity contribution in [1.82, 2.24) is 4.90 Å². The van der Waals surface area contributed by atoms with Gasteiger partial charge in [0.15, 0.2) is 5.78 Å². The molecule has 0 aliphatic carbocycles. The third-order valence-corrected chi connectivity index (χ3v) is 2.78. The van der Waals surface area contributed by atoms with E-state index in [1.54, 1.807) is 24.3 Å². The second-order valence-electron chi connectivity index (χ2n) is 3.89. The summed E-state index contributed by atoms with van der Waals surface area (Å²) in [5, 5.41) is 0.581. The number of carbonyl (C=O) groups is 2. The maximum absolute atomic E-state index is 11.7. The second kappa shape index (κ2) is 5.19. The summed E-state index contributed by atoms with van der Waals surface area (Å²) in [5.74, 6) is 0.502. The molecule has 1 heterocycles. The minimum Gasteiger partial charge on any atom is -0.410 e. The third kappa shape index (κ3) is 3.20. The summed E-state index contributed by atoms with van der Waals surface area (Å²) in [5.41, 5.74) is 0. The predicted octanol–water partition coefficient (Wildman–Crippen LogP) is 2.50. The first kappa shape index (κ1) is 11.9. The number of carbonyl (C=O) groups excluding carboxylic acids is 2. The van der Waals surface area contributed by atoms with E-state index in [0.717, 1.165) is 0 Å². The van der Waals surface area contributed by atoms with Crippen molar-refractivity contribution >= 4 is 23.5 Å². The van der Waals surface area contributed by atoms with E-state index in [0.29, 0.717) is 30.2 Å². The SMILES string of the molecule is O=C1CCCN(C(=O)Oc2ccc(Cl)cc2)C1. The van der Waals surface area contributed by atoms with Crippen LogP contribution in [0, 0.1) is 0 Å². The van der Waals surface area contributed by atoms with E-state index in [2.05, 4.69) is 0 Å². The summed E-state index contributed by atoms with van der Waals surface area (Å²) < 4.78 is 5.13. The molecule has 1 aliphatic rings.